The molecule has 19 heavy (non-hydrogen) atoms. The maximum absolute atomic E-state index is 11.4. The van der Waals surface area contributed by atoms with Gasteiger partial charge in [0.05, 0.1) is 5.52 Å². The summed E-state index contributed by atoms with van der Waals surface area (Å²) in [6, 6.07) is 4.41. The molecule has 6 nitrogen and oxygen atoms in total. The van der Waals surface area contributed by atoms with Crippen LogP contribution in [-0.2, 0) is 17.4 Å². The van der Waals surface area contributed by atoms with Crippen molar-refractivity contribution in [2.45, 2.75) is 19.4 Å². The van der Waals surface area contributed by atoms with Gasteiger partial charge in [-0.3, -0.25) is 4.57 Å². The number of rotatable bonds is 3. The van der Waals surface area contributed by atoms with E-state index in [1.54, 1.807) is 13.8 Å². The number of fused-ring (bicyclic) bond motifs is 1. The fourth-order valence-corrected chi connectivity index (χ4v) is 2.07. The van der Waals surface area contributed by atoms with Crippen molar-refractivity contribution < 1.29 is 19.4 Å². The van der Waals surface area contributed by atoms with E-state index in [0.29, 0.717) is 11.1 Å². The summed E-state index contributed by atoms with van der Waals surface area (Å²) in [4.78, 5) is 22.7. The van der Waals surface area contributed by atoms with Crippen molar-refractivity contribution in [1.29, 1.82) is 0 Å². The lowest BCUT2D eigenvalue weighted by Gasteiger charge is -2.27. The maximum Gasteiger partial charge on any atom is 0.419 e. The minimum atomic E-state index is -2.00. The van der Waals surface area contributed by atoms with Crippen molar-refractivity contribution in [1.82, 2.24) is 4.57 Å². The minimum absolute atomic E-state index is 0.221. The molecule has 6 heteroatoms. The Labute approximate surface area is 108 Å². The molecule has 1 aromatic carbocycles. The predicted octanol–water partition coefficient (Wildman–Crippen LogP) is 1.06. The molecular formula is C13H15NO5. The minimum Gasteiger partial charge on any atom is -0.479 e. The van der Waals surface area contributed by atoms with Gasteiger partial charge in [0, 0.05) is 7.05 Å². The topological polar surface area (TPSA) is 92.7 Å². The van der Waals surface area contributed by atoms with Gasteiger partial charge < -0.3 is 14.6 Å². The van der Waals surface area contributed by atoms with Crippen LogP contribution in [0.5, 0.6) is 0 Å². The van der Waals surface area contributed by atoms with Gasteiger partial charge >= 0.3 is 11.7 Å². The van der Waals surface area contributed by atoms with Gasteiger partial charge in [-0.25, -0.2) is 9.59 Å². The number of carboxylic acids is 1. The number of benzene rings is 1. The monoisotopic (exact) mass is 265 g/mol. The van der Waals surface area contributed by atoms with E-state index in [-0.39, 0.29) is 5.56 Å². The summed E-state index contributed by atoms with van der Waals surface area (Å²) in [5.41, 5.74) is -0.976. The van der Waals surface area contributed by atoms with Crippen LogP contribution in [-0.4, -0.2) is 20.7 Å². The van der Waals surface area contributed by atoms with Crippen LogP contribution in [0.3, 0.4) is 0 Å². The normalized spacial score (nSPS) is 14.8. The Morgan fingerprint density at radius 2 is 2.05 bits per heavy atom. The second-order valence-corrected chi connectivity index (χ2v) is 4.84. The molecule has 0 aliphatic carbocycles. The molecular weight excluding hydrogens is 250 g/mol. The highest BCUT2D eigenvalue weighted by molar-refractivity contribution is 5.82. The number of aryl methyl sites for hydroxylation is 1. The Morgan fingerprint density at radius 1 is 1.42 bits per heavy atom. The number of aliphatic carboxylic acids is 1. The Bertz CT molecular complexity index is 697. The molecule has 2 rings (SSSR count). The van der Waals surface area contributed by atoms with E-state index in [0.717, 1.165) is 0 Å². The van der Waals surface area contributed by atoms with Crippen LogP contribution in [0.1, 0.15) is 19.4 Å². The summed E-state index contributed by atoms with van der Waals surface area (Å²) in [5.74, 6) is -2.38. The molecule has 1 unspecified atom stereocenters. The van der Waals surface area contributed by atoms with Crippen molar-refractivity contribution in [3.63, 3.8) is 0 Å². The molecule has 1 atom stereocenters. The van der Waals surface area contributed by atoms with Gasteiger partial charge in [-0.1, -0.05) is 19.9 Å². The molecule has 1 heterocycles. The highest BCUT2D eigenvalue weighted by Gasteiger charge is 2.41. The number of hydrogen-bond donors (Lipinski definition) is 2. The van der Waals surface area contributed by atoms with Gasteiger partial charge in [0.2, 0.25) is 0 Å². The number of aromatic nitrogens is 1. The van der Waals surface area contributed by atoms with Gasteiger partial charge in [-0.05, 0) is 23.6 Å². The number of hydrogen-bond acceptors (Lipinski definition) is 4. The molecule has 0 bridgehead atoms. The van der Waals surface area contributed by atoms with Crippen molar-refractivity contribution in [2.75, 3.05) is 0 Å². The van der Waals surface area contributed by atoms with Gasteiger partial charge in [0.25, 0.3) is 0 Å². The second-order valence-electron chi connectivity index (χ2n) is 4.84. The number of carboxylic acid groups (broad SMARTS) is 1. The molecule has 0 spiro atoms. The molecule has 0 fully saturated rings. The molecule has 2 N–H and O–H groups in total. The van der Waals surface area contributed by atoms with Crippen LogP contribution >= 0.6 is 0 Å². The molecule has 2 aromatic rings. The van der Waals surface area contributed by atoms with Crippen LogP contribution in [0.2, 0.25) is 0 Å². The fourth-order valence-electron chi connectivity index (χ4n) is 2.07. The lowest BCUT2D eigenvalue weighted by atomic mass is 9.83. The summed E-state index contributed by atoms with van der Waals surface area (Å²) in [5, 5.41) is 19.6. The summed E-state index contributed by atoms with van der Waals surface area (Å²) >= 11 is 0. The number of nitrogens with zero attached hydrogens (tertiary/aromatic N) is 1. The first-order valence-electron chi connectivity index (χ1n) is 5.84. The molecule has 102 valence electrons. The summed E-state index contributed by atoms with van der Waals surface area (Å²) in [6.07, 6.45) is 0. The third kappa shape index (κ3) is 1.84. The van der Waals surface area contributed by atoms with Gasteiger partial charge in [-0.2, -0.15) is 0 Å². The molecule has 0 saturated heterocycles. The van der Waals surface area contributed by atoms with E-state index in [9.17, 15) is 19.8 Å². The zero-order valence-electron chi connectivity index (χ0n) is 10.9. The van der Waals surface area contributed by atoms with E-state index >= 15 is 0 Å². The standard InChI is InChI=1S/C13H15NO5/c1-7(2)13(18,11(15)16)8-4-5-10-9(6-8)14(3)12(17)19-10/h4-7,18H,1-3H3,(H,15,16). The third-order valence-electron chi connectivity index (χ3n) is 3.39. The van der Waals surface area contributed by atoms with Crippen molar-refractivity contribution >= 4 is 17.1 Å². The zero-order chi connectivity index (χ0) is 14.4. The maximum atomic E-state index is 11.4. The largest absolute Gasteiger partial charge is 0.479 e. The first kappa shape index (κ1) is 13.4. The Morgan fingerprint density at radius 3 is 2.58 bits per heavy atom. The summed E-state index contributed by atoms with van der Waals surface area (Å²) in [6.45, 7) is 3.24. The van der Waals surface area contributed by atoms with E-state index in [1.165, 1.54) is 29.8 Å². The van der Waals surface area contributed by atoms with Crippen LogP contribution < -0.4 is 5.76 Å². The zero-order valence-corrected chi connectivity index (χ0v) is 10.9. The smallest absolute Gasteiger partial charge is 0.419 e. The van der Waals surface area contributed by atoms with Gasteiger partial charge in [0.1, 0.15) is 0 Å². The number of aliphatic hydroxyl groups is 1. The molecule has 0 aliphatic heterocycles. The van der Waals surface area contributed by atoms with Gasteiger partial charge in [-0.15, -0.1) is 0 Å². The average molecular weight is 265 g/mol. The van der Waals surface area contributed by atoms with Crippen LogP contribution in [0.4, 0.5) is 0 Å². The Hall–Kier alpha value is -2.08. The Balaban J connectivity index is 2.72. The quantitative estimate of drug-likeness (QED) is 0.865. The first-order valence-corrected chi connectivity index (χ1v) is 5.84. The lowest BCUT2D eigenvalue weighted by molar-refractivity contribution is -0.165. The summed E-state index contributed by atoms with van der Waals surface area (Å²) in [7, 11) is 1.52. The predicted molar refractivity (Wildman–Crippen MR) is 67.8 cm³/mol. The molecule has 0 amide bonds. The van der Waals surface area contributed by atoms with Crippen molar-refractivity contribution in [3.8, 4) is 0 Å². The van der Waals surface area contributed by atoms with Crippen LogP contribution in [0.15, 0.2) is 27.4 Å². The highest BCUT2D eigenvalue weighted by atomic mass is 16.4. The number of carbonyl (C=O) groups is 1. The van der Waals surface area contributed by atoms with E-state index < -0.39 is 23.2 Å². The Kier molecular flexibility index (Phi) is 2.98. The van der Waals surface area contributed by atoms with Gasteiger partial charge in [0.15, 0.2) is 11.2 Å². The highest BCUT2D eigenvalue weighted by Crippen LogP contribution is 2.31. The first-order chi connectivity index (χ1) is 8.78. The fraction of sp³-hybridized carbons (Fsp3) is 0.385. The van der Waals surface area contributed by atoms with E-state index in [1.807, 2.05) is 0 Å². The van der Waals surface area contributed by atoms with Crippen molar-refractivity contribution in [2.24, 2.45) is 13.0 Å². The molecule has 0 aliphatic rings. The summed E-state index contributed by atoms with van der Waals surface area (Å²) < 4.78 is 6.23. The number of oxazole rings is 1. The second kappa shape index (κ2) is 4.24. The van der Waals surface area contributed by atoms with Crippen molar-refractivity contribution in [3.05, 3.63) is 34.3 Å². The lowest BCUT2D eigenvalue weighted by Crippen LogP contribution is -2.40. The van der Waals surface area contributed by atoms with E-state index in [2.05, 4.69) is 0 Å². The van der Waals surface area contributed by atoms with E-state index in [4.69, 9.17) is 4.42 Å². The average Bonchev–Trinajstić information content (AvgIpc) is 2.63. The molecule has 1 aromatic heterocycles. The molecule has 0 saturated carbocycles. The molecule has 0 radical (unpaired) electrons. The SMILES string of the molecule is CC(C)C(O)(C(=O)O)c1ccc2oc(=O)n(C)c2c1. The third-order valence-corrected chi connectivity index (χ3v) is 3.39. The van der Waals surface area contributed by atoms with Crippen LogP contribution in [0.25, 0.3) is 11.1 Å². The van der Waals surface area contributed by atoms with Crippen LogP contribution in [0, 0.1) is 5.92 Å².